The van der Waals surface area contributed by atoms with Gasteiger partial charge < -0.3 is 0 Å². The quantitative estimate of drug-likeness (QED) is 0.328. The molecule has 0 aliphatic rings. The summed E-state index contributed by atoms with van der Waals surface area (Å²) in [5.41, 5.74) is 2.08. The zero-order valence-electron chi connectivity index (χ0n) is 12.4. The first kappa shape index (κ1) is 15.9. The number of aromatic nitrogens is 1. The molecule has 24 heavy (non-hydrogen) atoms. The second kappa shape index (κ2) is 6.27. The van der Waals surface area contributed by atoms with E-state index in [-0.39, 0.29) is 0 Å². The molecule has 0 saturated heterocycles. The van der Waals surface area contributed by atoms with Crippen molar-refractivity contribution >= 4 is 22.2 Å². The van der Waals surface area contributed by atoms with Crippen molar-refractivity contribution in [1.29, 1.82) is 0 Å². The third-order valence-electron chi connectivity index (χ3n) is 3.50. The Morgan fingerprint density at radius 3 is 2.21 bits per heavy atom. The van der Waals surface area contributed by atoms with Crippen molar-refractivity contribution in [2.75, 3.05) is 5.43 Å². The van der Waals surface area contributed by atoms with Gasteiger partial charge in [0.05, 0.1) is 5.71 Å². The highest BCUT2D eigenvalue weighted by Gasteiger charge is 2.20. The standard InChI is InChI=1S/C17H11F4N3/c1-9(11-7-6-10-4-2-3-5-12(10)8-11)23-24-15-13(18)16(20)22-17(21)14(15)19/h2-8H,1H3,(H,22,24)/b23-9-. The zero-order chi connectivity index (χ0) is 17.3. The second-order valence-corrected chi connectivity index (χ2v) is 5.07. The van der Waals surface area contributed by atoms with E-state index < -0.39 is 29.2 Å². The van der Waals surface area contributed by atoms with Crippen molar-refractivity contribution in [2.24, 2.45) is 5.10 Å². The number of nitrogens with zero attached hydrogens (tertiary/aromatic N) is 2. The van der Waals surface area contributed by atoms with Gasteiger partial charge in [0.15, 0.2) is 0 Å². The molecule has 2 aromatic carbocycles. The minimum atomic E-state index is -1.74. The smallest absolute Gasteiger partial charge is 0.254 e. The van der Waals surface area contributed by atoms with Gasteiger partial charge in [-0.05, 0) is 29.3 Å². The van der Waals surface area contributed by atoms with Gasteiger partial charge in [0.2, 0.25) is 11.6 Å². The Hall–Kier alpha value is -2.96. The van der Waals surface area contributed by atoms with Gasteiger partial charge >= 0.3 is 0 Å². The first-order valence-corrected chi connectivity index (χ1v) is 6.97. The summed E-state index contributed by atoms with van der Waals surface area (Å²) in [4.78, 5) is 2.48. The summed E-state index contributed by atoms with van der Waals surface area (Å²) in [6, 6.07) is 13.1. The molecule has 7 heteroatoms. The molecule has 0 fully saturated rings. The Kier molecular flexibility index (Phi) is 4.16. The molecule has 1 N–H and O–H groups in total. The van der Waals surface area contributed by atoms with Crippen LogP contribution in [-0.4, -0.2) is 10.7 Å². The van der Waals surface area contributed by atoms with Crippen molar-refractivity contribution < 1.29 is 17.6 Å². The number of hydrogen-bond donors (Lipinski definition) is 1. The van der Waals surface area contributed by atoms with Crippen LogP contribution in [0.1, 0.15) is 12.5 Å². The number of anilines is 1. The first-order valence-electron chi connectivity index (χ1n) is 6.97. The van der Waals surface area contributed by atoms with Gasteiger partial charge in [-0.1, -0.05) is 36.4 Å². The molecule has 3 aromatic rings. The molecule has 0 radical (unpaired) electrons. The zero-order valence-corrected chi connectivity index (χ0v) is 12.4. The Morgan fingerprint density at radius 2 is 1.54 bits per heavy atom. The SMILES string of the molecule is C/C(=N/Nc1c(F)c(F)nc(F)c1F)c1ccc2ccccc2c1. The van der Waals surface area contributed by atoms with Gasteiger partial charge in [0.25, 0.3) is 11.9 Å². The minimum absolute atomic E-state index is 0.386. The molecular formula is C17H11F4N3. The predicted molar refractivity (Wildman–Crippen MR) is 83.9 cm³/mol. The number of halogens is 4. The molecule has 3 nitrogen and oxygen atoms in total. The lowest BCUT2D eigenvalue weighted by atomic mass is 10.0. The largest absolute Gasteiger partial charge is 0.272 e. The molecule has 0 bridgehead atoms. The van der Waals surface area contributed by atoms with Crippen molar-refractivity contribution in [2.45, 2.75) is 6.92 Å². The molecule has 0 spiro atoms. The monoisotopic (exact) mass is 333 g/mol. The molecule has 1 aromatic heterocycles. The lowest BCUT2D eigenvalue weighted by Gasteiger charge is -2.07. The van der Waals surface area contributed by atoms with Crippen LogP contribution in [-0.2, 0) is 0 Å². The molecule has 0 amide bonds. The maximum absolute atomic E-state index is 13.5. The number of fused-ring (bicyclic) bond motifs is 1. The predicted octanol–water partition coefficient (Wildman–Crippen LogP) is 4.63. The third-order valence-corrected chi connectivity index (χ3v) is 3.50. The van der Waals surface area contributed by atoms with Gasteiger partial charge in [-0.2, -0.15) is 27.6 Å². The van der Waals surface area contributed by atoms with Gasteiger partial charge in [0.1, 0.15) is 5.69 Å². The van der Waals surface area contributed by atoms with Gasteiger partial charge in [-0.3, -0.25) is 5.43 Å². The van der Waals surface area contributed by atoms with Crippen LogP contribution in [0.25, 0.3) is 10.8 Å². The number of benzene rings is 2. The van der Waals surface area contributed by atoms with Crippen LogP contribution in [0.3, 0.4) is 0 Å². The minimum Gasteiger partial charge on any atom is -0.272 e. The summed E-state index contributed by atoms with van der Waals surface area (Å²) in [7, 11) is 0. The summed E-state index contributed by atoms with van der Waals surface area (Å²) in [5, 5.41) is 5.79. The number of hydrogen-bond acceptors (Lipinski definition) is 3. The fourth-order valence-electron chi connectivity index (χ4n) is 2.20. The van der Waals surface area contributed by atoms with Gasteiger partial charge in [-0.25, -0.2) is 0 Å². The second-order valence-electron chi connectivity index (χ2n) is 5.07. The van der Waals surface area contributed by atoms with Crippen molar-refractivity contribution in [3.8, 4) is 0 Å². The van der Waals surface area contributed by atoms with Gasteiger partial charge in [-0.15, -0.1) is 0 Å². The fourth-order valence-corrected chi connectivity index (χ4v) is 2.20. The van der Waals surface area contributed by atoms with Crippen LogP contribution in [0.2, 0.25) is 0 Å². The number of hydrazone groups is 1. The van der Waals surface area contributed by atoms with Crippen molar-refractivity contribution in [1.82, 2.24) is 4.98 Å². The van der Waals surface area contributed by atoms with E-state index >= 15 is 0 Å². The van der Waals surface area contributed by atoms with E-state index in [1.807, 2.05) is 41.8 Å². The Morgan fingerprint density at radius 1 is 0.917 bits per heavy atom. The first-order chi connectivity index (χ1) is 11.5. The van der Waals surface area contributed by atoms with Gasteiger partial charge in [0, 0.05) is 0 Å². The Balaban J connectivity index is 1.94. The van der Waals surface area contributed by atoms with E-state index in [0.717, 1.165) is 10.8 Å². The van der Waals surface area contributed by atoms with E-state index in [9.17, 15) is 17.6 Å². The fraction of sp³-hybridized carbons (Fsp3) is 0.0588. The molecule has 0 atom stereocenters. The maximum atomic E-state index is 13.5. The lowest BCUT2D eigenvalue weighted by Crippen LogP contribution is -2.07. The lowest BCUT2D eigenvalue weighted by molar-refractivity contribution is 0.411. The average Bonchev–Trinajstić information content (AvgIpc) is 2.59. The van der Waals surface area contributed by atoms with Crippen LogP contribution < -0.4 is 5.43 Å². The third kappa shape index (κ3) is 2.92. The van der Waals surface area contributed by atoms with E-state index in [0.29, 0.717) is 11.3 Å². The number of pyridine rings is 1. The topological polar surface area (TPSA) is 37.3 Å². The highest BCUT2D eigenvalue weighted by atomic mass is 19.2. The van der Waals surface area contributed by atoms with Crippen LogP contribution in [0, 0.1) is 23.5 Å². The van der Waals surface area contributed by atoms with Crippen LogP contribution in [0.4, 0.5) is 23.2 Å². The molecule has 0 saturated carbocycles. The van der Waals surface area contributed by atoms with E-state index in [1.165, 1.54) is 0 Å². The highest BCUT2D eigenvalue weighted by Crippen LogP contribution is 2.22. The molecule has 3 rings (SSSR count). The highest BCUT2D eigenvalue weighted by molar-refractivity contribution is 6.02. The van der Waals surface area contributed by atoms with E-state index in [1.54, 1.807) is 13.0 Å². The van der Waals surface area contributed by atoms with Crippen LogP contribution >= 0.6 is 0 Å². The van der Waals surface area contributed by atoms with E-state index in [2.05, 4.69) is 10.1 Å². The summed E-state index contributed by atoms with van der Waals surface area (Å²) < 4.78 is 53.2. The van der Waals surface area contributed by atoms with Crippen molar-refractivity contribution in [3.05, 3.63) is 71.6 Å². The molecule has 1 heterocycles. The number of nitrogens with one attached hydrogen (secondary N) is 1. The van der Waals surface area contributed by atoms with E-state index in [4.69, 9.17) is 0 Å². The molecule has 0 unspecified atom stereocenters. The molecule has 0 aliphatic carbocycles. The normalized spacial score (nSPS) is 11.8. The van der Waals surface area contributed by atoms with Crippen LogP contribution in [0.5, 0.6) is 0 Å². The maximum Gasteiger partial charge on any atom is 0.254 e. The summed E-state index contributed by atoms with van der Waals surface area (Å²) >= 11 is 0. The molecule has 0 aliphatic heterocycles. The molecule has 122 valence electrons. The Bertz CT molecular complexity index is 928. The van der Waals surface area contributed by atoms with Crippen LogP contribution in [0.15, 0.2) is 47.6 Å². The molecular weight excluding hydrogens is 322 g/mol. The number of rotatable bonds is 3. The summed E-state index contributed by atoms with van der Waals surface area (Å²) in [5.74, 6) is -6.75. The summed E-state index contributed by atoms with van der Waals surface area (Å²) in [6.07, 6.45) is 0. The van der Waals surface area contributed by atoms with Crippen molar-refractivity contribution in [3.63, 3.8) is 0 Å². The average molecular weight is 333 g/mol. The Labute approximate surface area is 134 Å². The summed E-state index contributed by atoms with van der Waals surface area (Å²) in [6.45, 7) is 1.60.